The normalized spacial score (nSPS) is 14.5. The molecule has 1 N–H and O–H groups in total. The minimum absolute atomic E-state index is 0.166. The number of hydrogen-bond donors (Lipinski definition) is 1. The molecule has 0 fully saturated rings. The molecule has 0 aliphatic heterocycles. The van der Waals surface area contributed by atoms with Crippen molar-refractivity contribution in [3.63, 3.8) is 0 Å². The Morgan fingerprint density at radius 1 is 1.44 bits per heavy atom. The van der Waals surface area contributed by atoms with Crippen molar-refractivity contribution in [2.75, 3.05) is 13.3 Å². The fourth-order valence-electron chi connectivity index (χ4n) is 1.88. The van der Waals surface area contributed by atoms with Crippen LogP contribution in [0.2, 0.25) is 0 Å². The van der Waals surface area contributed by atoms with E-state index in [0.717, 1.165) is 11.3 Å². The summed E-state index contributed by atoms with van der Waals surface area (Å²) in [6.07, 6.45) is 3.62. The first-order valence-electron chi connectivity index (χ1n) is 5.97. The summed E-state index contributed by atoms with van der Waals surface area (Å²) in [6, 6.07) is 3.71. The van der Waals surface area contributed by atoms with Crippen molar-refractivity contribution in [3.8, 4) is 0 Å². The lowest BCUT2D eigenvalue weighted by atomic mass is 9.96. The van der Waals surface area contributed by atoms with Gasteiger partial charge in [-0.15, -0.1) is 0 Å². The van der Waals surface area contributed by atoms with E-state index in [1.165, 1.54) is 6.26 Å². The van der Waals surface area contributed by atoms with E-state index < -0.39 is 14.6 Å². The molecular formula is C13H22N2O2S. The molecule has 0 saturated carbocycles. The molecule has 0 spiro atoms. The van der Waals surface area contributed by atoms with Crippen LogP contribution in [0.5, 0.6) is 0 Å². The summed E-state index contributed by atoms with van der Waals surface area (Å²) in [6.45, 7) is 5.49. The predicted octanol–water partition coefficient (Wildman–Crippen LogP) is 1.34. The summed E-state index contributed by atoms with van der Waals surface area (Å²) in [5.74, 6) is 0. The number of hydrogen-bond acceptors (Lipinski definition) is 4. The Morgan fingerprint density at radius 2 is 2.06 bits per heavy atom. The second-order valence-electron chi connectivity index (χ2n) is 5.19. The van der Waals surface area contributed by atoms with Crippen molar-refractivity contribution in [2.45, 2.75) is 38.0 Å². The molecule has 5 heteroatoms. The van der Waals surface area contributed by atoms with E-state index >= 15 is 0 Å². The molecule has 4 nitrogen and oxygen atoms in total. The summed E-state index contributed by atoms with van der Waals surface area (Å²) in [4.78, 5) is 4.33. The van der Waals surface area contributed by atoms with Gasteiger partial charge < -0.3 is 5.32 Å². The van der Waals surface area contributed by atoms with Crippen LogP contribution >= 0.6 is 0 Å². The van der Waals surface area contributed by atoms with Gasteiger partial charge in [0.05, 0.1) is 4.75 Å². The first kappa shape index (κ1) is 15.1. The summed E-state index contributed by atoms with van der Waals surface area (Å²) in [7, 11) is -1.35. The number of nitrogens with zero attached hydrogens (tertiary/aromatic N) is 1. The highest BCUT2D eigenvalue weighted by Crippen LogP contribution is 2.23. The van der Waals surface area contributed by atoms with Gasteiger partial charge in [-0.2, -0.15) is 0 Å². The molecule has 102 valence electrons. The van der Waals surface area contributed by atoms with E-state index in [4.69, 9.17) is 0 Å². The lowest BCUT2D eigenvalue weighted by molar-refractivity contribution is 0.427. The molecule has 1 unspecified atom stereocenters. The molecule has 0 bridgehead atoms. The van der Waals surface area contributed by atoms with Gasteiger partial charge in [-0.05, 0) is 39.4 Å². The standard InChI is InChI=1S/C13H22N2O2S/c1-10-7-6-8-15-11(10)9-12(14-4)13(2,3)18(5,16)17/h6-8,12,14H,9H2,1-5H3. The molecule has 0 saturated heterocycles. The van der Waals surface area contributed by atoms with E-state index in [1.807, 2.05) is 19.1 Å². The Hall–Kier alpha value is -0.940. The molecule has 0 amide bonds. The van der Waals surface area contributed by atoms with Crippen molar-refractivity contribution in [3.05, 3.63) is 29.6 Å². The first-order chi connectivity index (χ1) is 8.20. The number of sulfone groups is 1. The van der Waals surface area contributed by atoms with E-state index in [1.54, 1.807) is 27.1 Å². The van der Waals surface area contributed by atoms with E-state index in [0.29, 0.717) is 6.42 Å². The van der Waals surface area contributed by atoms with Crippen LogP contribution in [-0.2, 0) is 16.3 Å². The zero-order chi connectivity index (χ0) is 14.0. The van der Waals surface area contributed by atoms with Gasteiger partial charge in [0.2, 0.25) is 0 Å². The molecule has 0 aromatic carbocycles. The van der Waals surface area contributed by atoms with Gasteiger partial charge in [0.25, 0.3) is 0 Å². The number of aromatic nitrogens is 1. The highest BCUT2D eigenvalue weighted by molar-refractivity contribution is 7.92. The minimum atomic E-state index is -3.14. The number of pyridine rings is 1. The number of nitrogens with one attached hydrogen (secondary N) is 1. The van der Waals surface area contributed by atoms with E-state index in [-0.39, 0.29) is 6.04 Å². The lowest BCUT2D eigenvalue weighted by Gasteiger charge is -2.32. The van der Waals surface area contributed by atoms with Crippen molar-refractivity contribution >= 4 is 9.84 Å². The van der Waals surface area contributed by atoms with Gasteiger partial charge in [-0.3, -0.25) is 4.98 Å². The van der Waals surface area contributed by atoms with E-state index in [9.17, 15) is 8.42 Å². The quantitative estimate of drug-likeness (QED) is 0.877. The highest BCUT2D eigenvalue weighted by atomic mass is 32.2. The Balaban J connectivity index is 3.04. The van der Waals surface area contributed by atoms with Crippen molar-refractivity contribution < 1.29 is 8.42 Å². The van der Waals surface area contributed by atoms with Gasteiger partial charge in [0.15, 0.2) is 9.84 Å². The summed E-state index contributed by atoms with van der Waals surface area (Å²) in [5.41, 5.74) is 2.02. The molecule has 0 aliphatic rings. The molecule has 0 aliphatic carbocycles. The van der Waals surface area contributed by atoms with Gasteiger partial charge >= 0.3 is 0 Å². The van der Waals surface area contributed by atoms with Gasteiger partial charge in [0, 0.05) is 30.6 Å². The van der Waals surface area contributed by atoms with E-state index in [2.05, 4.69) is 10.3 Å². The minimum Gasteiger partial charge on any atom is -0.315 e. The summed E-state index contributed by atoms with van der Waals surface area (Å²) in [5, 5.41) is 3.11. The molecule has 1 aromatic rings. The smallest absolute Gasteiger partial charge is 0.154 e. The Kier molecular flexibility index (Phi) is 4.50. The van der Waals surface area contributed by atoms with Crippen LogP contribution in [0.3, 0.4) is 0 Å². The molecule has 1 atom stereocenters. The zero-order valence-electron chi connectivity index (χ0n) is 11.7. The maximum Gasteiger partial charge on any atom is 0.154 e. The van der Waals surface area contributed by atoms with Crippen LogP contribution in [0.15, 0.2) is 18.3 Å². The number of likely N-dealkylation sites (N-methyl/N-ethyl adjacent to an activating group) is 1. The fraction of sp³-hybridized carbons (Fsp3) is 0.615. The highest BCUT2D eigenvalue weighted by Gasteiger charge is 2.38. The second-order valence-corrected chi connectivity index (χ2v) is 7.78. The number of rotatable bonds is 5. The lowest BCUT2D eigenvalue weighted by Crippen LogP contribution is -2.51. The van der Waals surface area contributed by atoms with Gasteiger partial charge in [-0.25, -0.2) is 8.42 Å². The Labute approximate surface area is 110 Å². The number of aryl methyl sites for hydroxylation is 1. The maximum absolute atomic E-state index is 11.9. The molecule has 0 radical (unpaired) electrons. The second kappa shape index (κ2) is 5.36. The van der Waals surface area contributed by atoms with Crippen molar-refractivity contribution in [1.82, 2.24) is 10.3 Å². The molecule has 1 rings (SSSR count). The predicted molar refractivity (Wildman–Crippen MR) is 74.4 cm³/mol. The Morgan fingerprint density at radius 3 is 2.50 bits per heavy atom. The zero-order valence-corrected chi connectivity index (χ0v) is 12.5. The maximum atomic E-state index is 11.9. The van der Waals surface area contributed by atoms with Gasteiger partial charge in [-0.1, -0.05) is 6.07 Å². The monoisotopic (exact) mass is 270 g/mol. The van der Waals surface area contributed by atoms with Crippen LogP contribution < -0.4 is 5.32 Å². The van der Waals surface area contributed by atoms with Crippen LogP contribution in [0.4, 0.5) is 0 Å². The first-order valence-corrected chi connectivity index (χ1v) is 7.86. The average molecular weight is 270 g/mol. The molecule has 1 aromatic heterocycles. The third kappa shape index (κ3) is 3.09. The third-order valence-corrected chi connectivity index (χ3v) is 5.85. The van der Waals surface area contributed by atoms with Crippen LogP contribution in [0.25, 0.3) is 0 Å². The SMILES string of the molecule is CNC(Cc1ncccc1C)C(C)(C)S(C)(=O)=O. The largest absolute Gasteiger partial charge is 0.315 e. The topological polar surface area (TPSA) is 59.1 Å². The van der Waals surface area contributed by atoms with Gasteiger partial charge in [0.1, 0.15) is 0 Å². The van der Waals surface area contributed by atoms with Crippen LogP contribution in [0, 0.1) is 6.92 Å². The third-order valence-electron chi connectivity index (χ3n) is 3.66. The Bertz CT molecular complexity index is 509. The molecule has 18 heavy (non-hydrogen) atoms. The fourth-order valence-corrected chi connectivity index (χ4v) is 2.60. The summed E-state index contributed by atoms with van der Waals surface area (Å²) >= 11 is 0. The van der Waals surface area contributed by atoms with Crippen LogP contribution in [-0.4, -0.2) is 37.5 Å². The van der Waals surface area contributed by atoms with Crippen molar-refractivity contribution in [1.29, 1.82) is 0 Å². The molecule has 1 heterocycles. The summed E-state index contributed by atoms with van der Waals surface area (Å²) < 4.78 is 22.9. The molecular weight excluding hydrogens is 248 g/mol. The van der Waals surface area contributed by atoms with Crippen molar-refractivity contribution in [2.24, 2.45) is 0 Å². The average Bonchev–Trinajstić information content (AvgIpc) is 2.26. The van der Waals surface area contributed by atoms with Crippen LogP contribution in [0.1, 0.15) is 25.1 Å².